The molecule has 102 valence electrons. The Morgan fingerprint density at radius 3 is 2.00 bits per heavy atom. The third-order valence-corrected chi connectivity index (χ3v) is 5.24. The van der Waals surface area contributed by atoms with Crippen molar-refractivity contribution in [2.24, 2.45) is 5.92 Å². The molecule has 0 aromatic heterocycles. The van der Waals surface area contributed by atoms with Crippen molar-refractivity contribution in [1.29, 1.82) is 0 Å². The summed E-state index contributed by atoms with van der Waals surface area (Å²) in [6.07, 6.45) is 1.31. The highest BCUT2D eigenvalue weighted by molar-refractivity contribution is 7.53. The van der Waals surface area contributed by atoms with Crippen LogP contribution in [-0.2, 0) is 13.6 Å². The van der Waals surface area contributed by atoms with Crippen LogP contribution in [0.4, 0.5) is 0 Å². The van der Waals surface area contributed by atoms with Crippen LogP contribution >= 0.6 is 7.60 Å². The highest BCUT2D eigenvalue weighted by Gasteiger charge is 2.50. The topological polar surface area (TPSA) is 55.8 Å². The van der Waals surface area contributed by atoms with E-state index in [9.17, 15) is 9.67 Å². The van der Waals surface area contributed by atoms with Gasteiger partial charge in [-0.05, 0) is 46.5 Å². The molecule has 0 heterocycles. The lowest BCUT2D eigenvalue weighted by atomic mass is 10.2. The average Bonchev–Trinajstić information content (AvgIpc) is 2.69. The van der Waals surface area contributed by atoms with Gasteiger partial charge in [-0.15, -0.1) is 0 Å². The summed E-state index contributed by atoms with van der Waals surface area (Å²) in [5.74, 6) is 0.300. The fraction of sp³-hybridized carbons (Fsp3) is 1.00. The van der Waals surface area contributed by atoms with Crippen LogP contribution in [-0.4, -0.2) is 29.1 Å². The molecule has 0 amide bonds. The smallest absolute Gasteiger partial charge is 0.331 e. The lowest BCUT2D eigenvalue weighted by molar-refractivity contribution is 0.115. The monoisotopic (exact) mass is 264 g/mol. The Labute approximate surface area is 104 Å². The second kappa shape index (κ2) is 5.40. The number of hydrogen-bond donors (Lipinski definition) is 1. The quantitative estimate of drug-likeness (QED) is 0.717. The van der Waals surface area contributed by atoms with Crippen LogP contribution in [0.15, 0.2) is 0 Å². The Bertz CT molecular complexity index is 289. The van der Waals surface area contributed by atoms with Crippen LogP contribution in [0.2, 0.25) is 0 Å². The highest BCUT2D eigenvalue weighted by Crippen LogP contribution is 2.55. The van der Waals surface area contributed by atoms with Crippen LogP contribution in [0.5, 0.6) is 0 Å². The van der Waals surface area contributed by atoms with Crippen molar-refractivity contribution in [3.8, 4) is 0 Å². The number of aliphatic hydroxyl groups is 1. The zero-order valence-electron chi connectivity index (χ0n) is 11.5. The van der Waals surface area contributed by atoms with Crippen LogP contribution in [0, 0.1) is 5.92 Å². The van der Waals surface area contributed by atoms with Crippen LogP contribution in [0.25, 0.3) is 0 Å². The highest BCUT2D eigenvalue weighted by atomic mass is 31.2. The van der Waals surface area contributed by atoms with E-state index in [0.29, 0.717) is 18.5 Å². The molecule has 0 aromatic rings. The molecule has 5 heteroatoms. The summed E-state index contributed by atoms with van der Waals surface area (Å²) in [6, 6.07) is 0. The van der Waals surface area contributed by atoms with E-state index in [1.807, 2.05) is 34.6 Å². The van der Waals surface area contributed by atoms with Crippen LogP contribution in [0.1, 0.15) is 47.5 Å². The van der Waals surface area contributed by atoms with E-state index in [1.54, 1.807) is 0 Å². The van der Waals surface area contributed by atoms with Gasteiger partial charge in [0.1, 0.15) is 0 Å². The normalized spacial score (nSPS) is 29.1. The summed E-state index contributed by atoms with van der Waals surface area (Å²) in [5, 5.41) is 10.00. The number of hydrogen-bond acceptors (Lipinski definition) is 4. The maximum absolute atomic E-state index is 12.5. The van der Waals surface area contributed by atoms with Crippen molar-refractivity contribution in [2.45, 2.75) is 65.3 Å². The summed E-state index contributed by atoms with van der Waals surface area (Å²) >= 11 is 0. The fourth-order valence-corrected chi connectivity index (χ4v) is 4.13. The first-order valence-electron chi connectivity index (χ1n) is 6.35. The Hall–Kier alpha value is 0.110. The lowest BCUT2D eigenvalue weighted by Gasteiger charge is -2.23. The molecule has 2 atom stereocenters. The maximum atomic E-state index is 12.5. The summed E-state index contributed by atoms with van der Waals surface area (Å²) < 4.78 is 23.3. The first kappa shape index (κ1) is 15.2. The molecule has 1 rings (SSSR count). The van der Waals surface area contributed by atoms with Crippen molar-refractivity contribution in [2.75, 3.05) is 6.16 Å². The minimum atomic E-state index is -3.07. The molecule has 0 saturated heterocycles. The molecular weight excluding hydrogens is 239 g/mol. The predicted octanol–water partition coefficient (Wildman–Crippen LogP) is 3.19. The molecule has 1 aliphatic carbocycles. The van der Waals surface area contributed by atoms with Crippen molar-refractivity contribution in [3.63, 3.8) is 0 Å². The minimum Gasteiger partial charge on any atom is -0.390 e. The molecule has 0 bridgehead atoms. The Morgan fingerprint density at radius 1 is 1.29 bits per heavy atom. The first-order chi connectivity index (χ1) is 7.67. The van der Waals surface area contributed by atoms with E-state index in [4.69, 9.17) is 9.05 Å². The van der Waals surface area contributed by atoms with Gasteiger partial charge in [0.2, 0.25) is 0 Å². The lowest BCUT2D eigenvalue weighted by Crippen LogP contribution is -2.16. The van der Waals surface area contributed by atoms with E-state index in [1.165, 1.54) is 0 Å². The summed E-state index contributed by atoms with van der Waals surface area (Å²) in [6.45, 7) is 9.35. The van der Waals surface area contributed by atoms with E-state index >= 15 is 0 Å². The van der Waals surface area contributed by atoms with Gasteiger partial charge >= 0.3 is 7.60 Å². The average molecular weight is 264 g/mol. The van der Waals surface area contributed by atoms with Crippen molar-refractivity contribution >= 4 is 7.60 Å². The van der Waals surface area contributed by atoms with Gasteiger partial charge in [-0.1, -0.05) is 6.92 Å². The largest absolute Gasteiger partial charge is 0.390 e. The van der Waals surface area contributed by atoms with Gasteiger partial charge in [0.05, 0.1) is 24.0 Å². The van der Waals surface area contributed by atoms with Gasteiger partial charge in [0, 0.05) is 0 Å². The second-order valence-electron chi connectivity index (χ2n) is 5.60. The molecule has 0 unspecified atom stereocenters. The van der Waals surface area contributed by atoms with Crippen LogP contribution < -0.4 is 0 Å². The van der Waals surface area contributed by atoms with E-state index in [0.717, 1.165) is 6.42 Å². The Balaban J connectivity index is 2.54. The SMILES string of the molecule is CC(C)OP(=O)(CC[C@@]1(O)C[C@H]1C)OC(C)C. The summed E-state index contributed by atoms with van der Waals surface area (Å²) in [5.41, 5.74) is -0.643. The van der Waals surface area contributed by atoms with Gasteiger partial charge in [-0.2, -0.15) is 0 Å². The molecule has 1 N–H and O–H groups in total. The van der Waals surface area contributed by atoms with Gasteiger partial charge < -0.3 is 14.2 Å². The van der Waals surface area contributed by atoms with Crippen molar-refractivity contribution < 1.29 is 18.7 Å². The molecule has 17 heavy (non-hydrogen) atoms. The maximum Gasteiger partial charge on any atom is 0.331 e. The predicted molar refractivity (Wildman–Crippen MR) is 68.3 cm³/mol. The summed E-state index contributed by atoms with van der Waals surface area (Å²) in [4.78, 5) is 0. The first-order valence-corrected chi connectivity index (χ1v) is 8.08. The molecular formula is C12H25O4P. The Kier molecular flexibility index (Phi) is 4.81. The molecule has 0 radical (unpaired) electrons. The zero-order valence-corrected chi connectivity index (χ0v) is 12.4. The summed E-state index contributed by atoms with van der Waals surface area (Å²) in [7, 11) is -3.07. The molecule has 1 aliphatic rings. The molecule has 0 aromatic carbocycles. The van der Waals surface area contributed by atoms with Gasteiger partial charge in [0.15, 0.2) is 0 Å². The van der Waals surface area contributed by atoms with Gasteiger partial charge in [-0.25, -0.2) is 0 Å². The van der Waals surface area contributed by atoms with Crippen molar-refractivity contribution in [3.05, 3.63) is 0 Å². The fourth-order valence-electron chi connectivity index (χ4n) is 1.92. The van der Waals surface area contributed by atoms with Gasteiger partial charge in [0.25, 0.3) is 0 Å². The second-order valence-corrected chi connectivity index (χ2v) is 7.69. The number of rotatable bonds is 7. The van der Waals surface area contributed by atoms with Crippen LogP contribution in [0.3, 0.4) is 0 Å². The van der Waals surface area contributed by atoms with E-state index in [2.05, 4.69) is 0 Å². The zero-order chi connectivity index (χ0) is 13.3. The molecule has 1 fully saturated rings. The molecule has 1 saturated carbocycles. The molecule has 4 nitrogen and oxygen atoms in total. The Morgan fingerprint density at radius 2 is 1.71 bits per heavy atom. The van der Waals surface area contributed by atoms with Crippen molar-refractivity contribution in [1.82, 2.24) is 0 Å². The van der Waals surface area contributed by atoms with E-state index in [-0.39, 0.29) is 12.2 Å². The molecule has 0 spiro atoms. The third kappa shape index (κ3) is 4.70. The standard InChI is InChI=1S/C12H25O4P/c1-9(2)15-17(14,16-10(3)4)7-6-12(13)8-11(12)5/h9-11,13H,6-8H2,1-5H3/t11-,12-/m1/s1. The third-order valence-electron chi connectivity index (χ3n) is 2.98. The molecule has 0 aliphatic heterocycles. The van der Waals surface area contributed by atoms with Gasteiger partial charge in [-0.3, -0.25) is 4.57 Å². The minimum absolute atomic E-state index is 0.133. The van der Waals surface area contributed by atoms with E-state index < -0.39 is 13.2 Å².